The summed E-state index contributed by atoms with van der Waals surface area (Å²) in [5.41, 5.74) is 7.64. The van der Waals surface area contributed by atoms with Gasteiger partial charge in [0, 0.05) is 17.8 Å². The number of hydrogen-bond donors (Lipinski definition) is 1. The molecule has 78 valence electrons. The fourth-order valence-electron chi connectivity index (χ4n) is 1.32. The minimum Gasteiger partial charge on any atom is -0.330 e. The maximum Gasteiger partial charge on any atom is 0.128 e. The van der Waals surface area contributed by atoms with Crippen LogP contribution in [0.25, 0.3) is 0 Å². The second kappa shape index (κ2) is 5.05. The van der Waals surface area contributed by atoms with Crippen LogP contribution in [-0.2, 0) is 6.42 Å². The van der Waals surface area contributed by atoms with E-state index in [4.69, 9.17) is 5.73 Å². The molecular weight excluding hydrogens is 174 g/mol. The van der Waals surface area contributed by atoms with Gasteiger partial charge < -0.3 is 5.73 Å². The van der Waals surface area contributed by atoms with Crippen LogP contribution in [0.4, 0.5) is 0 Å². The Morgan fingerprint density at radius 3 is 2.64 bits per heavy atom. The van der Waals surface area contributed by atoms with Gasteiger partial charge >= 0.3 is 0 Å². The first-order valence-electron chi connectivity index (χ1n) is 5.18. The molecule has 0 atom stereocenters. The Balaban J connectivity index is 2.84. The topological polar surface area (TPSA) is 51.8 Å². The first kappa shape index (κ1) is 11.1. The Kier molecular flexibility index (Phi) is 4.01. The van der Waals surface area contributed by atoms with Gasteiger partial charge in [-0.15, -0.1) is 0 Å². The summed E-state index contributed by atoms with van der Waals surface area (Å²) in [6.45, 7) is 7.01. The van der Waals surface area contributed by atoms with Crippen LogP contribution in [0.2, 0.25) is 0 Å². The summed E-state index contributed by atoms with van der Waals surface area (Å²) in [5, 5.41) is 0. The summed E-state index contributed by atoms with van der Waals surface area (Å²) in [5.74, 6) is 1.40. The number of aryl methyl sites for hydroxylation is 2. The number of hydrogen-bond acceptors (Lipinski definition) is 3. The monoisotopic (exact) mass is 193 g/mol. The molecule has 1 heterocycles. The Morgan fingerprint density at radius 2 is 2.07 bits per heavy atom. The van der Waals surface area contributed by atoms with Crippen LogP contribution in [0.5, 0.6) is 0 Å². The highest BCUT2D eigenvalue weighted by atomic mass is 14.9. The van der Waals surface area contributed by atoms with Crippen LogP contribution in [-0.4, -0.2) is 16.5 Å². The second-order valence-electron chi connectivity index (χ2n) is 3.90. The zero-order valence-electron chi connectivity index (χ0n) is 9.25. The van der Waals surface area contributed by atoms with Gasteiger partial charge in [0.2, 0.25) is 0 Å². The summed E-state index contributed by atoms with van der Waals surface area (Å²) in [6, 6.07) is 2.05. The molecule has 1 rings (SSSR count). The average molecular weight is 193 g/mol. The van der Waals surface area contributed by atoms with E-state index in [0.29, 0.717) is 12.5 Å². The third-order valence-electron chi connectivity index (χ3n) is 2.12. The summed E-state index contributed by atoms with van der Waals surface area (Å²) in [7, 11) is 0. The van der Waals surface area contributed by atoms with Crippen LogP contribution >= 0.6 is 0 Å². The maximum atomic E-state index is 5.46. The van der Waals surface area contributed by atoms with Crippen LogP contribution in [0.15, 0.2) is 6.07 Å². The zero-order chi connectivity index (χ0) is 10.6. The molecule has 0 unspecified atom stereocenters. The van der Waals surface area contributed by atoms with Crippen molar-refractivity contribution < 1.29 is 0 Å². The summed E-state index contributed by atoms with van der Waals surface area (Å²) < 4.78 is 0. The van der Waals surface area contributed by atoms with Gasteiger partial charge in [-0.25, -0.2) is 9.97 Å². The van der Waals surface area contributed by atoms with E-state index in [2.05, 4.69) is 29.9 Å². The molecule has 0 fully saturated rings. The van der Waals surface area contributed by atoms with Crippen molar-refractivity contribution in [3.05, 3.63) is 23.3 Å². The molecule has 3 heteroatoms. The van der Waals surface area contributed by atoms with Gasteiger partial charge in [-0.1, -0.05) is 13.8 Å². The van der Waals surface area contributed by atoms with Crippen molar-refractivity contribution in [1.82, 2.24) is 9.97 Å². The Bertz CT molecular complexity index is 295. The van der Waals surface area contributed by atoms with Crippen molar-refractivity contribution in [2.45, 2.75) is 39.5 Å². The zero-order valence-corrected chi connectivity index (χ0v) is 9.25. The lowest BCUT2D eigenvalue weighted by atomic mass is 10.1. The van der Waals surface area contributed by atoms with Crippen molar-refractivity contribution in [3.8, 4) is 0 Å². The van der Waals surface area contributed by atoms with Crippen molar-refractivity contribution in [2.24, 2.45) is 5.73 Å². The highest BCUT2D eigenvalue weighted by Crippen LogP contribution is 2.12. The minimum atomic E-state index is 0.466. The SMILES string of the molecule is Cc1cc(C(C)C)nc(CCCN)n1. The molecule has 0 spiro atoms. The van der Waals surface area contributed by atoms with E-state index in [9.17, 15) is 0 Å². The van der Waals surface area contributed by atoms with E-state index in [-0.39, 0.29) is 0 Å². The molecule has 0 bridgehead atoms. The molecule has 3 nitrogen and oxygen atoms in total. The van der Waals surface area contributed by atoms with E-state index in [1.165, 1.54) is 0 Å². The van der Waals surface area contributed by atoms with Gasteiger partial charge in [0.15, 0.2) is 0 Å². The van der Waals surface area contributed by atoms with Crippen LogP contribution < -0.4 is 5.73 Å². The van der Waals surface area contributed by atoms with Gasteiger partial charge in [0.05, 0.1) is 0 Å². The molecule has 0 amide bonds. The molecule has 0 saturated carbocycles. The minimum absolute atomic E-state index is 0.466. The molecule has 0 aliphatic rings. The standard InChI is InChI=1S/C11H19N3/c1-8(2)10-7-9(3)13-11(14-10)5-4-6-12/h7-8H,4-6,12H2,1-3H3. The summed E-state index contributed by atoms with van der Waals surface area (Å²) >= 11 is 0. The molecule has 14 heavy (non-hydrogen) atoms. The van der Waals surface area contributed by atoms with E-state index in [1.54, 1.807) is 0 Å². The molecule has 2 N–H and O–H groups in total. The lowest BCUT2D eigenvalue weighted by molar-refractivity contribution is 0.736. The number of nitrogens with two attached hydrogens (primary N) is 1. The highest BCUT2D eigenvalue weighted by Gasteiger charge is 2.05. The average Bonchev–Trinajstić information content (AvgIpc) is 2.14. The molecule has 1 aromatic rings. The smallest absolute Gasteiger partial charge is 0.128 e. The lowest BCUT2D eigenvalue weighted by Crippen LogP contribution is -2.06. The number of rotatable bonds is 4. The third-order valence-corrected chi connectivity index (χ3v) is 2.12. The third kappa shape index (κ3) is 3.07. The van der Waals surface area contributed by atoms with Crippen LogP contribution in [0.1, 0.15) is 43.4 Å². The van der Waals surface area contributed by atoms with Gasteiger partial charge in [0.1, 0.15) is 5.82 Å². The molecule has 0 radical (unpaired) electrons. The summed E-state index contributed by atoms with van der Waals surface area (Å²) in [4.78, 5) is 8.89. The van der Waals surface area contributed by atoms with Crippen molar-refractivity contribution in [3.63, 3.8) is 0 Å². The van der Waals surface area contributed by atoms with Crippen LogP contribution in [0.3, 0.4) is 0 Å². The van der Waals surface area contributed by atoms with E-state index in [1.807, 2.05) is 6.92 Å². The van der Waals surface area contributed by atoms with Crippen molar-refractivity contribution >= 4 is 0 Å². The van der Waals surface area contributed by atoms with E-state index >= 15 is 0 Å². The highest BCUT2D eigenvalue weighted by molar-refractivity contribution is 5.13. The normalized spacial score (nSPS) is 10.9. The summed E-state index contributed by atoms with van der Waals surface area (Å²) in [6.07, 6.45) is 1.85. The van der Waals surface area contributed by atoms with Crippen LogP contribution in [0, 0.1) is 6.92 Å². The van der Waals surface area contributed by atoms with E-state index in [0.717, 1.165) is 30.1 Å². The first-order chi connectivity index (χ1) is 6.63. The van der Waals surface area contributed by atoms with Crippen molar-refractivity contribution in [1.29, 1.82) is 0 Å². The number of nitrogens with zero attached hydrogens (tertiary/aromatic N) is 2. The van der Waals surface area contributed by atoms with Gasteiger partial charge in [-0.2, -0.15) is 0 Å². The largest absolute Gasteiger partial charge is 0.330 e. The van der Waals surface area contributed by atoms with E-state index < -0.39 is 0 Å². The second-order valence-corrected chi connectivity index (χ2v) is 3.90. The predicted molar refractivity (Wildman–Crippen MR) is 58.2 cm³/mol. The fourth-order valence-corrected chi connectivity index (χ4v) is 1.32. The fraction of sp³-hybridized carbons (Fsp3) is 0.636. The van der Waals surface area contributed by atoms with Crippen molar-refractivity contribution in [2.75, 3.05) is 6.54 Å². The van der Waals surface area contributed by atoms with Gasteiger partial charge in [-0.3, -0.25) is 0 Å². The van der Waals surface area contributed by atoms with Gasteiger partial charge in [0.25, 0.3) is 0 Å². The van der Waals surface area contributed by atoms with Gasteiger partial charge in [-0.05, 0) is 31.9 Å². The molecule has 0 aromatic carbocycles. The Hall–Kier alpha value is -0.960. The molecule has 0 aliphatic heterocycles. The molecule has 0 aliphatic carbocycles. The molecule has 1 aromatic heterocycles. The predicted octanol–water partition coefficient (Wildman–Crippen LogP) is 1.80. The maximum absolute atomic E-state index is 5.46. The quantitative estimate of drug-likeness (QED) is 0.793. The first-order valence-corrected chi connectivity index (χ1v) is 5.18. The number of aromatic nitrogens is 2. The lowest BCUT2D eigenvalue weighted by Gasteiger charge is -2.07. The molecule has 0 saturated heterocycles. The Labute approximate surface area is 85.8 Å². The Morgan fingerprint density at radius 1 is 1.36 bits per heavy atom. The molecular formula is C11H19N3.